The highest BCUT2D eigenvalue weighted by molar-refractivity contribution is 5.85. The lowest BCUT2D eigenvalue weighted by Gasteiger charge is -2.56. The van der Waals surface area contributed by atoms with Crippen molar-refractivity contribution in [2.75, 3.05) is 34.0 Å². The summed E-state index contributed by atoms with van der Waals surface area (Å²) in [5.74, 6) is 3.52. The number of methoxy groups -OCH3 is 2. The number of amides is 2. The lowest BCUT2D eigenvalue weighted by Crippen LogP contribution is -2.48. The molecule has 4 fully saturated rings. The SMILES string of the molecule is COCCOc1ccc(C(C)NC(=O)CNC(=O)CC23CC4CC(CC(C4)C2)C3)cc1OC. The number of benzene rings is 1. The van der Waals surface area contributed by atoms with Gasteiger partial charge in [-0.1, -0.05) is 6.07 Å². The summed E-state index contributed by atoms with van der Waals surface area (Å²) in [6.45, 7) is 2.84. The van der Waals surface area contributed by atoms with E-state index < -0.39 is 0 Å². The molecule has 0 spiro atoms. The van der Waals surface area contributed by atoms with Crippen molar-refractivity contribution in [3.63, 3.8) is 0 Å². The predicted molar refractivity (Wildman–Crippen MR) is 125 cm³/mol. The second-order valence-corrected chi connectivity index (χ2v) is 10.4. The second kappa shape index (κ2) is 10.3. The van der Waals surface area contributed by atoms with Crippen LogP contribution >= 0.6 is 0 Å². The third-order valence-electron chi connectivity index (χ3n) is 7.76. The molecule has 1 aromatic rings. The van der Waals surface area contributed by atoms with Crippen LogP contribution in [0.4, 0.5) is 0 Å². The molecule has 0 aliphatic heterocycles. The van der Waals surface area contributed by atoms with Gasteiger partial charge in [0.2, 0.25) is 11.8 Å². The minimum Gasteiger partial charge on any atom is -0.493 e. The second-order valence-electron chi connectivity index (χ2n) is 10.4. The molecule has 2 N–H and O–H groups in total. The zero-order valence-electron chi connectivity index (χ0n) is 20.2. The van der Waals surface area contributed by atoms with Gasteiger partial charge in [-0.15, -0.1) is 0 Å². The Kier molecular flexibility index (Phi) is 7.47. The molecule has 4 aliphatic carbocycles. The van der Waals surface area contributed by atoms with E-state index in [0.717, 1.165) is 23.3 Å². The first-order chi connectivity index (χ1) is 15.9. The van der Waals surface area contributed by atoms with Crippen molar-refractivity contribution in [3.05, 3.63) is 23.8 Å². The Morgan fingerprint density at radius 3 is 2.27 bits per heavy atom. The molecule has 1 atom stereocenters. The maximum Gasteiger partial charge on any atom is 0.239 e. The van der Waals surface area contributed by atoms with Gasteiger partial charge in [0, 0.05) is 13.5 Å². The molecule has 1 unspecified atom stereocenters. The van der Waals surface area contributed by atoms with E-state index in [9.17, 15) is 9.59 Å². The van der Waals surface area contributed by atoms with Crippen molar-refractivity contribution in [1.82, 2.24) is 10.6 Å². The molecular formula is C26H38N2O5. The van der Waals surface area contributed by atoms with Crippen molar-refractivity contribution in [1.29, 1.82) is 0 Å². The Hall–Kier alpha value is -2.28. The molecular weight excluding hydrogens is 420 g/mol. The van der Waals surface area contributed by atoms with Gasteiger partial charge in [-0.05, 0) is 86.3 Å². The van der Waals surface area contributed by atoms with Gasteiger partial charge in [0.15, 0.2) is 11.5 Å². The van der Waals surface area contributed by atoms with Crippen LogP contribution in [0, 0.1) is 23.2 Å². The highest BCUT2D eigenvalue weighted by Gasteiger charge is 2.51. The smallest absolute Gasteiger partial charge is 0.239 e. The molecule has 33 heavy (non-hydrogen) atoms. The fourth-order valence-corrected chi connectivity index (χ4v) is 6.77. The Labute approximate surface area is 196 Å². The topological polar surface area (TPSA) is 85.9 Å². The molecule has 1 aromatic carbocycles. The Balaban J connectivity index is 1.24. The van der Waals surface area contributed by atoms with Crippen LogP contribution in [-0.4, -0.2) is 45.8 Å². The summed E-state index contributed by atoms with van der Waals surface area (Å²) in [5.41, 5.74) is 1.09. The van der Waals surface area contributed by atoms with E-state index in [-0.39, 0.29) is 29.8 Å². The van der Waals surface area contributed by atoms with E-state index in [4.69, 9.17) is 14.2 Å². The lowest BCUT2D eigenvalue weighted by molar-refractivity contribution is -0.132. The maximum absolute atomic E-state index is 12.7. The number of carbonyl (C=O) groups is 2. The summed E-state index contributed by atoms with van der Waals surface area (Å²) in [6.07, 6.45) is 8.26. The summed E-state index contributed by atoms with van der Waals surface area (Å²) in [7, 11) is 3.21. The molecule has 7 heteroatoms. The van der Waals surface area contributed by atoms with E-state index in [1.807, 2.05) is 25.1 Å². The van der Waals surface area contributed by atoms with E-state index in [2.05, 4.69) is 10.6 Å². The molecule has 4 aliphatic rings. The summed E-state index contributed by atoms with van der Waals surface area (Å²) in [4.78, 5) is 25.2. The van der Waals surface area contributed by atoms with Gasteiger partial charge in [-0.2, -0.15) is 0 Å². The summed E-state index contributed by atoms with van der Waals surface area (Å²) in [5, 5.41) is 5.83. The third kappa shape index (κ3) is 5.81. The normalized spacial score (nSPS) is 28.3. The van der Waals surface area contributed by atoms with Crippen LogP contribution in [0.3, 0.4) is 0 Å². The van der Waals surface area contributed by atoms with E-state index in [1.165, 1.54) is 38.5 Å². The third-order valence-corrected chi connectivity index (χ3v) is 7.76. The first-order valence-corrected chi connectivity index (χ1v) is 12.3. The minimum atomic E-state index is -0.223. The van der Waals surface area contributed by atoms with Crippen molar-refractivity contribution in [2.45, 2.75) is 57.9 Å². The number of hydrogen-bond acceptors (Lipinski definition) is 5. The van der Waals surface area contributed by atoms with Crippen molar-refractivity contribution in [2.24, 2.45) is 23.2 Å². The molecule has 0 saturated heterocycles. The van der Waals surface area contributed by atoms with Crippen molar-refractivity contribution >= 4 is 11.8 Å². The van der Waals surface area contributed by atoms with Crippen LogP contribution in [0.15, 0.2) is 18.2 Å². The van der Waals surface area contributed by atoms with Crippen LogP contribution in [-0.2, 0) is 14.3 Å². The van der Waals surface area contributed by atoms with Gasteiger partial charge in [-0.25, -0.2) is 0 Å². The highest BCUT2D eigenvalue weighted by Crippen LogP contribution is 2.61. The number of carbonyl (C=O) groups excluding carboxylic acids is 2. The van der Waals surface area contributed by atoms with Crippen molar-refractivity contribution in [3.8, 4) is 11.5 Å². The van der Waals surface area contributed by atoms with Crippen LogP contribution in [0.1, 0.15) is 63.5 Å². The maximum atomic E-state index is 12.7. The van der Waals surface area contributed by atoms with Crippen LogP contribution < -0.4 is 20.1 Å². The average molecular weight is 459 g/mol. The highest BCUT2D eigenvalue weighted by atomic mass is 16.5. The molecule has 2 amide bonds. The largest absolute Gasteiger partial charge is 0.493 e. The van der Waals surface area contributed by atoms with Gasteiger partial charge in [0.1, 0.15) is 6.61 Å². The summed E-state index contributed by atoms with van der Waals surface area (Å²) >= 11 is 0. The Morgan fingerprint density at radius 1 is 1.00 bits per heavy atom. The van der Waals surface area contributed by atoms with E-state index >= 15 is 0 Å². The summed E-state index contributed by atoms with van der Waals surface area (Å²) < 4.78 is 16.1. The molecule has 182 valence electrons. The Morgan fingerprint density at radius 2 is 1.67 bits per heavy atom. The number of nitrogens with one attached hydrogen (secondary N) is 2. The van der Waals surface area contributed by atoms with Crippen LogP contribution in [0.2, 0.25) is 0 Å². The first-order valence-electron chi connectivity index (χ1n) is 12.3. The first kappa shape index (κ1) is 23.9. The zero-order chi connectivity index (χ0) is 23.4. The molecule has 0 radical (unpaired) electrons. The molecule has 5 rings (SSSR count). The number of hydrogen-bond donors (Lipinski definition) is 2. The average Bonchev–Trinajstić information content (AvgIpc) is 2.76. The van der Waals surface area contributed by atoms with Crippen LogP contribution in [0.25, 0.3) is 0 Å². The fourth-order valence-electron chi connectivity index (χ4n) is 6.77. The van der Waals surface area contributed by atoms with Crippen LogP contribution in [0.5, 0.6) is 11.5 Å². The van der Waals surface area contributed by atoms with Gasteiger partial charge in [-0.3, -0.25) is 9.59 Å². The van der Waals surface area contributed by atoms with E-state index in [0.29, 0.717) is 31.1 Å². The summed E-state index contributed by atoms with van der Waals surface area (Å²) in [6, 6.07) is 5.37. The molecule has 4 saturated carbocycles. The van der Waals surface area contributed by atoms with Crippen molar-refractivity contribution < 1.29 is 23.8 Å². The molecule has 0 heterocycles. The Bertz CT molecular complexity index is 820. The fraction of sp³-hybridized carbons (Fsp3) is 0.692. The number of rotatable bonds is 11. The van der Waals surface area contributed by atoms with Gasteiger partial charge >= 0.3 is 0 Å². The monoisotopic (exact) mass is 458 g/mol. The quantitative estimate of drug-likeness (QED) is 0.495. The number of ether oxygens (including phenoxy) is 3. The lowest BCUT2D eigenvalue weighted by atomic mass is 9.49. The van der Waals surface area contributed by atoms with E-state index in [1.54, 1.807) is 14.2 Å². The molecule has 4 bridgehead atoms. The standard InChI is InChI=1S/C26H38N2O5/c1-17(21-4-5-22(23(11-21)32-3)33-7-6-31-2)28-25(30)16-27-24(29)15-26-12-18-8-19(13-26)10-20(9-18)14-26/h4-5,11,17-20H,6-10,12-16H2,1-3H3,(H,27,29)(H,28,30). The van der Waals surface area contributed by atoms with Gasteiger partial charge in [0.25, 0.3) is 0 Å². The van der Waals surface area contributed by atoms with Gasteiger partial charge < -0.3 is 24.8 Å². The predicted octanol–water partition coefficient (Wildman–Crippen LogP) is 3.62. The molecule has 0 aromatic heterocycles. The zero-order valence-corrected chi connectivity index (χ0v) is 20.2. The van der Waals surface area contributed by atoms with Gasteiger partial charge in [0.05, 0.1) is 26.3 Å². The minimum absolute atomic E-state index is 0.00485. The molecule has 7 nitrogen and oxygen atoms in total.